The van der Waals surface area contributed by atoms with Gasteiger partial charge in [0.1, 0.15) is 0 Å². The zero-order chi connectivity index (χ0) is 8.10. The number of thioether (sulfide) groups is 1. The molecule has 0 aliphatic carbocycles. The highest BCUT2D eigenvalue weighted by atomic mass is 32.2. The molecule has 0 radical (unpaired) electrons. The topological polar surface area (TPSA) is 12.0 Å². The van der Waals surface area contributed by atoms with Crippen LogP contribution in [-0.4, -0.2) is 24.1 Å². The van der Waals surface area contributed by atoms with Crippen LogP contribution in [0.4, 0.5) is 0 Å². The van der Waals surface area contributed by atoms with Crippen LogP contribution < -0.4 is 5.32 Å². The lowest BCUT2D eigenvalue weighted by Gasteiger charge is -2.17. The van der Waals surface area contributed by atoms with Gasteiger partial charge in [0.05, 0.1) is 0 Å². The van der Waals surface area contributed by atoms with E-state index in [0.29, 0.717) is 0 Å². The Balaban J connectivity index is 2.29. The number of hydrogen-bond donors (Lipinski definition) is 1. The highest BCUT2D eigenvalue weighted by Gasteiger charge is 2.12. The van der Waals surface area contributed by atoms with Crippen molar-refractivity contribution in [3.8, 4) is 0 Å². The average Bonchev–Trinajstić information content (AvgIpc) is 2.07. The molecule has 1 rings (SSSR count). The molecule has 2 unspecified atom stereocenters. The van der Waals surface area contributed by atoms with Gasteiger partial charge in [0, 0.05) is 5.25 Å². The second-order valence-electron chi connectivity index (χ2n) is 3.46. The summed E-state index contributed by atoms with van der Waals surface area (Å²) in [7, 11) is 0. The maximum atomic E-state index is 3.49. The predicted octanol–water partition coefficient (Wildman–Crippen LogP) is 2.13. The fourth-order valence-electron chi connectivity index (χ4n) is 1.28. The van der Waals surface area contributed by atoms with Crippen LogP contribution in [0.25, 0.3) is 0 Å². The lowest BCUT2D eigenvalue weighted by molar-refractivity contribution is 0.510. The highest BCUT2D eigenvalue weighted by molar-refractivity contribution is 7.99. The van der Waals surface area contributed by atoms with Crippen molar-refractivity contribution in [2.45, 2.75) is 31.9 Å². The Hall–Kier alpha value is 0.310. The molecule has 1 N–H and O–H groups in total. The van der Waals surface area contributed by atoms with E-state index in [4.69, 9.17) is 0 Å². The molecule has 1 aliphatic heterocycles. The van der Waals surface area contributed by atoms with Gasteiger partial charge in [-0.1, -0.05) is 13.8 Å². The standard InChI is InChI=1S/C9H19NS/c1-8-7-10-5-3-4-6-11-9(8)2/h8-10H,3-7H2,1-2H3. The van der Waals surface area contributed by atoms with Crippen LogP contribution >= 0.6 is 11.8 Å². The first-order chi connectivity index (χ1) is 5.30. The minimum Gasteiger partial charge on any atom is -0.316 e. The van der Waals surface area contributed by atoms with Crippen LogP contribution in [0, 0.1) is 5.92 Å². The van der Waals surface area contributed by atoms with Crippen molar-refractivity contribution in [1.82, 2.24) is 5.32 Å². The fourth-order valence-corrected chi connectivity index (χ4v) is 2.45. The molecule has 0 aromatic heterocycles. The summed E-state index contributed by atoms with van der Waals surface area (Å²) >= 11 is 2.13. The van der Waals surface area contributed by atoms with Crippen molar-refractivity contribution >= 4 is 11.8 Å². The molecular weight excluding hydrogens is 154 g/mol. The second kappa shape index (κ2) is 5.04. The van der Waals surface area contributed by atoms with E-state index in [2.05, 4.69) is 30.9 Å². The summed E-state index contributed by atoms with van der Waals surface area (Å²) in [5, 5.41) is 4.33. The van der Waals surface area contributed by atoms with Gasteiger partial charge >= 0.3 is 0 Å². The molecule has 0 aromatic rings. The van der Waals surface area contributed by atoms with Crippen LogP contribution in [0.1, 0.15) is 26.7 Å². The first-order valence-electron chi connectivity index (χ1n) is 4.63. The van der Waals surface area contributed by atoms with E-state index in [-0.39, 0.29) is 0 Å². The lowest BCUT2D eigenvalue weighted by atomic mass is 10.1. The van der Waals surface area contributed by atoms with E-state index in [1.54, 1.807) is 0 Å². The zero-order valence-electron chi connectivity index (χ0n) is 7.60. The summed E-state index contributed by atoms with van der Waals surface area (Å²) in [5.74, 6) is 2.19. The van der Waals surface area contributed by atoms with Gasteiger partial charge in [0.2, 0.25) is 0 Å². The summed E-state index contributed by atoms with van der Waals surface area (Å²) in [6, 6.07) is 0. The number of nitrogens with one attached hydrogen (secondary N) is 1. The smallest absolute Gasteiger partial charge is 0.00564 e. The van der Waals surface area contributed by atoms with E-state index in [1.165, 1.54) is 31.7 Å². The Kier molecular flexibility index (Phi) is 4.31. The second-order valence-corrected chi connectivity index (χ2v) is 4.95. The van der Waals surface area contributed by atoms with Crippen LogP contribution in [0.2, 0.25) is 0 Å². The van der Waals surface area contributed by atoms with Gasteiger partial charge in [-0.3, -0.25) is 0 Å². The molecular formula is C9H19NS. The summed E-state index contributed by atoms with van der Waals surface area (Å²) in [6.45, 7) is 7.12. The third-order valence-electron chi connectivity index (χ3n) is 2.40. The SMILES string of the molecule is CC1CNCCCCSC1C. The molecule has 1 saturated heterocycles. The van der Waals surface area contributed by atoms with Gasteiger partial charge in [0.25, 0.3) is 0 Å². The molecule has 11 heavy (non-hydrogen) atoms. The maximum Gasteiger partial charge on any atom is 0.00564 e. The van der Waals surface area contributed by atoms with Crippen molar-refractivity contribution < 1.29 is 0 Å². The Morgan fingerprint density at radius 1 is 1.27 bits per heavy atom. The van der Waals surface area contributed by atoms with Gasteiger partial charge in [-0.25, -0.2) is 0 Å². The molecule has 0 amide bonds. The third-order valence-corrected chi connectivity index (χ3v) is 3.91. The van der Waals surface area contributed by atoms with Crippen molar-refractivity contribution in [3.63, 3.8) is 0 Å². The Labute approximate surface area is 74.3 Å². The lowest BCUT2D eigenvalue weighted by Crippen LogP contribution is -2.26. The van der Waals surface area contributed by atoms with E-state index >= 15 is 0 Å². The molecule has 2 atom stereocenters. The third kappa shape index (κ3) is 3.48. The van der Waals surface area contributed by atoms with Crippen molar-refractivity contribution in [2.75, 3.05) is 18.8 Å². The van der Waals surface area contributed by atoms with Gasteiger partial charge in [-0.15, -0.1) is 0 Å². The van der Waals surface area contributed by atoms with E-state index in [1.807, 2.05) is 0 Å². The molecule has 1 aliphatic rings. The van der Waals surface area contributed by atoms with Crippen LogP contribution in [0.5, 0.6) is 0 Å². The number of hydrogen-bond acceptors (Lipinski definition) is 2. The summed E-state index contributed by atoms with van der Waals surface area (Å²) in [4.78, 5) is 0. The molecule has 0 saturated carbocycles. The van der Waals surface area contributed by atoms with Crippen molar-refractivity contribution in [1.29, 1.82) is 0 Å². The normalized spacial score (nSPS) is 35.5. The van der Waals surface area contributed by atoms with Crippen molar-refractivity contribution in [2.24, 2.45) is 5.92 Å². The molecule has 0 spiro atoms. The van der Waals surface area contributed by atoms with Crippen molar-refractivity contribution in [3.05, 3.63) is 0 Å². The Morgan fingerprint density at radius 2 is 2.09 bits per heavy atom. The largest absolute Gasteiger partial charge is 0.316 e. The molecule has 0 aromatic carbocycles. The quantitative estimate of drug-likeness (QED) is 0.602. The molecule has 0 bridgehead atoms. The number of rotatable bonds is 0. The van der Waals surface area contributed by atoms with Crippen LogP contribution in [-0.2, 0) is 0 Å². The molecule has 1 heterocycles. The molecule has 1 fully saturated rings. The monoisotopic (exact) mass is 173 g/mol. The first kappa shape index (κ1) is 9.40. The molecule has 66 valence electrons. The van der Waals surface area contributed by atoms with Crippen LogP contribution in [0.15, 0.2) is 0 Å². The predicted molar refractivity (Wildman–Crippen MR) is 53.2 cm³/mol. The molecule has 1 nitrogen and oxygen atoms in total. The fraction of sp³-hybridized carbons (Fsp3) is 1.00. The highest BCUT2D eigenvalue weighted by Crippen LogP contribution is 2.20. The summed E-state index contributed by atoms with van der Waals surface area (Å²) < 4.78 is 0. The Morgan fingerprint density at radius 3 is 2.91 bits per heavy atom. The first-order valence-corrected chi connectivity index (χ1v) is 5.68. The minimum absolute atomic E-state index is 0.832. The maximum absolute atomic E-state index is 3.49. The van der Waals surface area contributed by atoms with E-state index in [9.17, 15) is 0 Å². The summed E-state index contributed by atoms with van der Waals surface area (Å²) in [6.07, 6.45) is 2.74. The minimum atomic E-state index is 0.832. The average molecular weight is 173 g/mol. The van der Waals surface area contributed by atoms with Gasteiger partial charge < -0.3 is 5.32 Å². The van der Waals surface area contributed by atoms with E-state index in [0.717, 1.165) is 11.2 Å². The van der Waals surface area contributed by atoms with Gasteiger partial charge in [0.15, 0.2) is 0 Å². The van der Waals surface area contributed by atoms with Gasteiger partial charge in [-0.05, 0) is 37.6 Å². The Bertz CT molecular complexity index is 93.7. The van der Waals surface area contributed by atoms with E-state index < -0.39 is 0 Å². The summed E-state index contributed by atoms with van der Waals surface area (Å²) in [5.41, 5.74) is 0. The molecule has 2 heteroatoms. The van der Waals surface area contributed by atoms with Crippen LogP contribution in [0.3, 0.4) is 0 Å². The van der Waals surface area contributed by atoms with Gasteiger partial charge in [-0.2, -0.15) is 11.8 Å². The zero-order valence-corrected chi connectivity index (χ0v) is 8.41.